The third-order valence-corrected chi connectivity index (χ3v) is 3.14. The molecule has 0 aliphatic carbocycles. The van der Waals surface area contributed by atoms with Crippen molar-refractivity contribution in [3.63, 3.8) is 0 Å². The maximum absolute atomic E-state index is 12.2. The van der Waals surface area contributed by atoms with Gasteiger partial charge in [-0.1, -0.05) is 0 Å². The van der Waals surface area contributed by atoms with Crippen molar-refractivity contribution >= 4 is 5.91 Å². The second-order valence-corrected chi connectivity index (χ2v) is 5.31. The molecule has 1 saturated heterocycles. The normalized spacial score (nSPS) is 16.5. The van der Waals surface area contributed by atoms with Gasteiger partial charge >= 0.3 is 0 Å². The zero-order chi connectivity index (χ0) is 14.3. The van der Waals surface area contributed by atoms with Crippen LogP contribution in [0.2, 0.25) is 0 Å². The van der Waals surface area contributed by atoms with Gasteiger partial charge in [0.15, 0.2) is 0 Å². The Balaban J connectivity index is 2.68. The average molecular weight is 265 g/mol. The summed E-state index contributed by atoms with van der Waals surface area (Å²) in [6.07, 6.45) is 3.77. The molecule has 0 atom stereocenters. The highest BCUT2D eigenvalue weighted by molar-refractivity contribution is 5.97. The predicted octanol–water partition coefficient (Wildman–Crippen LogP) is 1.07. The van der Waals surface area contributed by atoms with Crippen molar-refractivity contribution in [2.45, 2.75) is 32.2 Å². The highest BCUT2D eigenvalue weighted by atomic mass is 16.5. The van der Waals surface area contributed by atoms with E-state index in [-0.39, 0.29) is 11.5 Å². The molecule has 1 aliphatic heterocycles. The first-order valence-electron chi connectivity index (χ1n) is 6.66. The summed E-state index contributed by atoms with van der Waals surface area (Å²) in [6.45, 7) is 6.68. The monoisotopic (exact) mass is 265 g/mol. The lowest BCUT2D eigenvalue weighted by atomic mass is 10.0. The van der Waals surface area contributed by atoms with E-state index in [4.69, 9.17) is 4.74 Å². The molecule has 0 aromatic heterocycles. The molecule has 1 fully saturated rings. The minimum Gasteiger partial charge on any atom is -0.383 e. The number of nitriles is 1. The fraction of sp³-hybridized carbons (Fsp3) is 0.714. The molecule has 0 radical (unpaired) electrons. The van der Waals surface area contributed by atoms with Crippen molar-refractivity contribution in [1.29, 1.82) is 5.26 Å². The van der Waals surface area contributed by atoms with E-state index in [0.29, 0.717) is 13.2 Å². The van der Waals surface area contributed by atoms with Gasteiger partial charge in [-0.3, -0.25) is 4.79 Å². The number of hydrogen-bond donors (Lipinski definition) is 1. The standard InChI is InChI=1S/C14H23N3O2/c1-14(2,16-6-9-19-3)10-12(11-15)13(18)17-7-4-5-8-17/h10,16H,4-9H2,1-3H3/b12-10+. The second kappa shape index (κ2) is 7.27. The van der Waals surface area contributed by atoms with Crippen LogP contribution in [-0.4, -0.2) is 49.7 Å². The van der Waals surface area contributed by atoms with Gasteiger partial charge in [0.1, 0.15) is 11.6 Å². The summed E-state index contributed by atoms with van der Waals surface area (Å²) in [4.78, 5) is 13.9. The zero-order valence-electron chi connectivity index (χ0n) is 12.0. The van der Waals surface area contributed by atoms with Crippen LogP contribution in [0.15, 0.2) is 11.6 Å². The van der Waals surface area contributed by atoms with E-state index in [2.05, 4.69) is 5.32 Å². The Morgan fingerprint density at radius 1 is 1.47 bits per heavy atom. The lowest BCUT2D eigenvalue weighted by Gasteiger charge is -2.23. The Hall–Kier alpha value is -1.38. The molecule has 0 aromatic carbocycles. The number of hydrogen-bond acceptors (Lipinski definition) is 4. The minimum atomic E-state index is -0.404. The summed E-state index contributed by atoms with van der Waals surface area (Å²) in [5, 5.41) is 12.4. The first-order chi connectivity index (χ1) is 9.00. The fourth-order valence-corrected chi connectivity index (χ4v) is 2.12. The van der Waals surface area contributed by atoms with Crippen LogP contribution in [0, 0.1) is 11.3 Å². The van der Waals surface area contributed by atoms with Crippen molar-refractivity contribution in [2.75, 3.05) is 33.4 Å². The SMILES string of the molecule is COCCNC(C)(C)/C=C(\C#N)C(=O)N1CCCC1. The van der Waals surface area contributed by atoms with Gasteiger partial charge in [-0.2, -0.15) is 5.26 Å². The van der Waals surface area contributed by atoms with Gasteiger partial charge in [0.05, 0.1) is 6.61 Å². The molecular formula is C14H23N3O2. The number of carbonyl (C=O) groups is 1. The van der Waals surface area contributed by atoms with E-state index < -0.39 is 5.54 Å². The van der Waals surface area contributed by atoms with E-state index >= 15 is 0 Å². The molecule has 1 rings (SSSR count). The van der Waals surface area contributed by atoms with Gasteiger partial charge in [0, 0.05) is 32.3 Å². The lowest BCUT2D eigenvalue weighted by Crippen LogP contribution is -2.40. The van der Waals surface area contributed by atoms with Crippen molar-refractivity contribution in [3.05, 3.63) is 11.6 Å². The smallest absolute Gasteiger partial charge is 0.264 e. The Morgan fingerprint density at radius 2 is 2.11 bits per heavy atom. The van der Waals surface area contributed by atoms with Gasteiger partial charge in [-0.05, 0) is 32.8 Å². The Bertz CT molecular complexity index is 377. The first kappa shape index (κ1) is 15.7. The number of amides is 1. The molecule has 0 unspecified atom stereocenters. The Labute approximate surface area is 115 Å². The van der Waals surface area contributed by atoms with Crippen LogP contribution < -0.4 is 5.32 Å². The van der Waals surface area contributed by atoms with E-state index in [1.54, 1.807) is 18.1 Å². The van der Waals surface area contributed by atoms with Crippen LogP contribution in [0.5, 0.6) is 0 Å². The lowest BCUT2D eigenvalue weighted by molar-refractivity contribution is -0.125. The number of methoxy groups -OCH3 is 1. The fourth-order valence-electron chi connectivity index (χ4n) is 2.12. The summed E-state index contributed by atoms with van der Waals surface area (Å²) < 4.78 is 4.97. The highest BCUT2D eigenvalue weighted by Gasteiger charge is 2.24. The maximum atomic E-state index is 12.2. The number of nitrogens with zero attached hydrogens (tertiary/aromatic N) is 2. The third kappa shape index (κ3) is 5.01. The molecular weight excluding hydrogens is 242 g/mol. The van der Waals surface area contributed by atoms with Crippen LogP contribution in [0.25, 0.3) is 0 Å². The molecule has 0 saturated carbocycles. The van der Waals surface area contributed by atoms with E-state index in [9.17, 15) is 10.1 Å². The van der Waals surface area contributed by atoms with Crippen molar-refractivity contribution in [1.82, 2.24) is 10.2 Å². The number of rotatable bonds is 6. The Morgan fingerprint density at radius 3 is 2.63 bits per heavy atom. The Kier molecular flexibility index (Phi) is 6.00. The van der Waals surface area contributed by atoms with Gasteiger partial charge in [-0.25, -0.2) is 0 Å². The molecule has 5 nitrogen and oxygen atoms in total. The number of ether oxygens (including phenoxy) is 1. The largest absolute Gasteiger partial charge is 0.383 e. The summed E-state index contributed by atoms with van der Waals surface area (Å²) in [5.74, 6) is -0.151. The van der Waals surface area contributed by atoms with Crippen molar-refractivity contribution < 1.29 is 9.53 Å². The first-order valence-corrected chi connectivity index (χ1v) is 6.66. The van der Waals surface area contributed by atoms with Crippen molar-refractivity contribution in [2.24, 2.45) is 0 Å². The van der Waals surface area contributed by atoms with Crippen LogP contribution >= 0.6 is 0 Å². The van der Waals surface area contributed by atoms with Crippen molar-refractivity contribution in [3.8, 4) is 6.07 Å². The van der Waals surface area contributed by atoms with Crippen LogP contribution in [0.4, 0.5) is 0 Å². The third-order valence-electron chi connectivity index (χ3n) is 3.14. The average Bonchev–Trinajstić information content (AvgIpc) is 2.89. The zero-order valence-corrected chi connectivity index (χ0v) is 12.0. The van der Waals surface area contributed by atoms with Gasteiger partial charge in [-0.15, -0.1) is 0 Å². The maximum Gasteiger partial charge on any atom is 0.264 e. The topological polar surface area (TPSA) is 65.4 Å². The van der Waals surface area contributed by atoms with Crippen LogP contribution in [0.1, 0.15) is 26.7 Å². The molecule has 1 heterocycles. The summed E-state index contributed by atoms with van der Waals surface area (Å²) >= 11 is 0. The molecule has 0 spiro atoms. The highest BCUT2D eigenvalue weighted by Crippen LogP contribution is 2.14. The van der Waals surface area contributed by atoms with Crippen LogP contribution in [-0.2, 0) is 9.53 Å². The number of nitrogens with one attached hydrogen (secondary N) is 1. The quantitative estimate of drug-likeness (QED) is 0.443. The predicted molar refractivity (Wildman–Crippen MR) is 73.5 cm³/mol. The van der Waals surface area contributed by atoms with E-state index in [1.807, 2.05) is 19.9 Å². The second-order valence-electron chi connectivity index (χ2n) is 5.31. The van der Waals surface area contributed by atoms with E-state index in [0.717, 1.165) is 25.9 Å². The summed E-state index contributed by atoms with van der Waals surface area (Å²) in [5.41, 5.74) is -0.185. The molecule has 5 heteroatoms. The molecule has 19 heavy (non-hydrogen) atoms. The minimum absolute atomic E-state index is 0.151. The summed E-state index contributed by atoms with van der Waals surface area (Å²) in [6, 6.07) is 2.02. The van der Waals surface area contributed by atoms with Gasteiger partial charge < -0.3 is 15.0 Å². The van der Waals surface area contributed by atoms with Crippen LogP contribution in [0.3, 0.4) is 0 Å². The van der Waals surface area contributed by atoms with Gasteiger partial charge in [0.2, 0.25) is 0 Å². The molecule has 1 aliphatic rings. The van der Waals surface area contributed by atoms with Gasteiger partial charge in [0.25, 0.3) is 5.91 Å². The molecule has 0 aromatic rings. The van der Waals surface area contributed by atoms with E-state index in [1.165, 1.54) is 0 Å². The summed E-state index contributed by atoms with van der Waals surface area (Å²) in [7, 11) is 1.64. The number of likely N-dealkylation sites (tertiary alicyclic amines) is 1. The molecule has 0 bridgehead atoms. The molecule has 1 amide bonds. The molecule has 106 valence electrons. The number of carbonyl (C=O) groups excluding carboxylic acids is 1. The molecule has 1 N–H and O–H groups in total.